The van der Waals surface area contributed by atoms with Gasteiger partial charge in [-0.2, -0.15) is 0 Å². The molecule has 3 N–H and O–H groups in total. The summed E-state index contributed by atoms with van der Waals surface area (Å²) in [5.74, 6) is -7.16. The van der Waals surface area contributed by atoms with Gasteiger partial charge in [-0.05, 0) is 0 Å². The SMILES string of the molecule is O=C(O)CC(C(=O)O)C(C(=O)O)[PH](=O)[O-].[Na+]. The Hall–Kier alpha value is -0.400. The Kier molecular flexibility index (Phi) is 8.77. The largest absolute Gasteiger partial charge is 1.00 e. The van der Waals surface area contributed by atoms with Crippen LogP contribution in [0.2, 0.25) is 0 Å². The Labute approximate surface area is 112 Å². The maximum atomic E-state index is 10.5. The van der Waals surface area contributed by atoms with Crippen LogP contribution in [0.5, 0.6) is 0 Å². The molecule has 0 rings (SSSR count). The molecular formula is C6H8NaO8P. The molecule has 3 atom stereocenters. The fraction of sp³-hybridized carbons (Fsp3) is 0.500. The van der Waals surface area contributed by atoms with E-state index in [1.165, 1.54) is 0 Å². The summed E-state index contributed by atoms with van der Waals surface area (Å²) in [5, 5.41) is 25.2. The van der Waals surface area contributed by atoms with Crippen molar-refractivity contribution in [3.63, 3.8) is 0 Å². The smallest absolute Gasteiger partial charge is 0.801 e. The normalized spacial score (nSPS) is 15.3. The summed E-state index contributed by atoms with van der Waals surface area (Å²) < 4.78 is 10.5. The topological polar surface area (TPSA) is 152 Å². The van der Waals surface area contributed by atoms with E-state index in [-0.39, 0.29) is 29.6 Å². The average Bonchev–Trinajstić information content (AvgIpc) is 2.00. The van der Waals surface area contributed by atoms with Gasteiger partial charge in [0.1, 0.15) is 5.66 Å². The van der Waals surface area contributed by atoms with E-state index in [1.54, 1.807) is 0 Å². The molecular weight excluding hydrogens is 254 g/mol. The fourth-order valence-electron chi connectivity index (χ4n) is 0.973. The Morgan fingerprint density at radius 1 is 1.12 bits per heavy atom. The van der Waals surface area contributed by atoms with Gasteiger partial charge < -0.3 is 24.8 Å². The number of carbonyl (C=O) groups is 3. The van der Waals surface area contributed by atoms with Crippen molar-refractivity contribution in [1.82, 2.24) is 0 Å². The molecule has 0 saturated carbocycles. The fourth-order valence-corrected chi connectivity index (χ4v) is 1.76. The zero-order chi connectivity index (χ0) is 12.2. The van der Waals surface area contributed by atoms with Gasteiger partial charge in [-0.25, -0.2) is 0 Å². The Bertz CT molecular complexity index is 302. The van der Waals surface area contributed by atoms with E-state index < -0.39 is 43.9 Å². The quantitative estimate of drug-likeness (QED) is 0.319. The summed E-state index contributed by atoms with van der Waals surface area (Å²) >= 11 is 0. The van der Waals surface area contributed by atoms with Crippen LogP contribution in [-0.2, 0) is 18.9 Å². The monoisotopic (exact) mass is 262 g/mol. The minimum Gasteiger partial charge on any atom is -0.801 e. The van der Waals surface area contributed by atoms with Gasteiger partial charge in [0.25, 0.3) is 0 Å². The Balaban J connectivity index is 0. The van der Waals surface area contributed by atoms with Crippen molar-refractivity contribution in [1.29, 1.82) is 0 Å². The van der Waals surface area contributed by atoms with Crippen molar-refractivity contribution in [2.24, 2.45) is 5.92 Å². The van der Waals surface area contributed by atoms with Gasteiger partial charge in [-0.3, -0.25) is 14.4 Å². The average molecular weight is 262 g/mol. The maximum absolute atomic E-state index is 10.5. The molecule has 0 aliphatic heterocycles. The summed E-state index contributed by atoms with van der Waals surface area (Å²) in [6, 6.07) is 0. The van der Waals surface area contributed by atoms with Gasteiger partial charge >= 0.3 is 47.5 Å². The van der Waals surface area contributed by atoms with Crippen molar-refractivity contribution in [3.8, 4) is 0 Å². The molecule has 0 aliphatic carbocycles. The van der Waals surface area contributed by atoms with Crippen LogP contribution in [0.3, 0.4) is 0 Å². The van der Waals surface area contributed by atoms with Gasteiger partial charge in [0.05, 0.1) is 12.3 Å². The summed E-state index contributed by atoms with van der Waals surface area (Å²) in [7, 11) is -3.90. The van der Waals surface area contributed by atoms with Crippen LogP contribution in [0.4, 0.5) is 0 Å². The maximum Gasteiger partial charge on any atom is 1.00 e. The third kappa shape index (κ3) is 5.62. The van der Waals surface area contributed by atoms with Gasteiger partial charge in [-0.1, -0.05) is 0 Å². The molecule has 0 radical (unpaired) electrons. The molecule has 8 nitrogen and oxygen atoms in total. The molecule has 0 heterocycles. The first-order chi connectivity index (χ1) is 6.77. The van der Waals surface area contributed by atoms with Crippen LogP contribution < -0.4 is 34.5 Å². The first kappa shape index (κ1) is 18.0. The van der Waals surface area contributed by atoms with Crippen molar-refractivity contribution >= 4 is 25.9 Å². The van der Waals surface area contributed by atoms with Crippen LogP contribution in [0.15, 0.2) is 0 Å². The molecule has 0 aromatic rings. The first-order valence-corrected chi connectivity index (χ1v) is 5.05. The zero-order valence-electron chi connectivity index (χ0n) is 8.24. The molecule has 0 saturated heterocycles. The second-order valence-corrected chi connectivity index (χ2v) is 3.94. The van der Waals surface area contributed by atoms with Crippen LogP contribution >= 0.6 is 8.03 Å². The molecule has 0 fully saturated rings. The van der Waals surface area contributed by atoms with E-state index in [0.29, 0.717) is 0 Å². The summed E-state index contributed by atoms with van der Waals surface area (Å²) in [4.78, 5) is 41.7. The molecule has 86 valence electrons. The summed E-state index contributed by atoms with van der Waals surface area (Å²) in [5.41, 5.74) is -2.19. The number of carboxylic acids is 3. The molecule has 3 unspecified atom stereocenters. The van der Waals surface area contributed by atoms with E-state index >= 15 is 0 Å². The molecule has 0 aromatic carbocycles. The van der Waals surface area contributed by atoms with Crippen molar-refractivity contribution in [2.75, 3.05) is 0 Å². The minimum atomic E-state index is -3.90. The van der Waals surface area contributed by atoms with Crippen LogP contribution in [0.1, 0.15) is 6.42 Å². The van der Waals surface area contributed by atoms with Gasteiger partial charge in [-0.15, -0.1) is 0 Å². The predicted molar refractivity (Wildman–Crippen MR) is 43.8 cm³/mol. The number of hydrogen-bond acceptors (Lipinski definition) is 5. The van der Waals surface area contributed by atoms with E-state index in [2.05, 4.69) is 0 Å². The summed E-state index contributed by atoms with van der Waals surface area (Å²) in [6.07, 6.45) is -1.05. The third-order valence-electron chi connectivity index (χ3n) is 1.63. The molecule has 10 heteroatoms. The van der Waals surface area contributed by atoms with Crippen LogP contribution in [0, 0.1) is 5.92 Å². The van der Waals surface area contributed by atoms with E-state index in [9.17, 15) is 23.8 Å². The van der Waals surface area contributed by atoms with Crippen LogP contribution in [0.25, 0.3) is 0 Å². The molecule has 0 amide bonds. The minimum absolute atomic E-state index is 0. The molecule has 0 bridgehead atoms. The second kappa shape index (κ2) is 7.81. The molecule has 0 aromatic heterocycles. The Morgan fingerprint density at radius 2 is 1.56 bits per heavy atom. The number of aliphatic carboxylic acids is 3. The van der Waals surface area contributed by atoms with Crippen molar-refractivity contribution in [3.05, 3.63) is 0 Å². The van der Waals surface area contributed by atoms with E-state index in [0.717, 1.165) is 0 Å². The van der Waals surface area contributed by atoms with E-state index in [1.807, 2.05) is 0 Å². The predicted octanol–water partition coefficient (Wildman–Crippen LogP) is -4.55. The molecule has 0 aliphatic rings. The van der Waals surface area contributed by atoms with Gasteiger partial charge in [0.2, 0.25) is 0 Å². The second-order valence-electron chi connectivity index (χ2n) is 2.68. The van der Waals surface area contributed by atoms with Crippen molar-refractivity contribution < 1.29 is 68.7 Å². The van der Waals surface area contributed by atoms with Gasteiger partial charge in [0, 0.05) is 8.03 Å². The standard InChI is InChI=1S/C6H9O8P.Na/c7-3(8)1-2(5(9)10)4(6(11)12)15(13)14;/h2,4,15H,1H2,(H,7,8)(H,9,10)(H,11,12)(H,13,14);/q;+1/p-1. The zero-order valence-corrected chi connectivity index (χ0v) is 11.2. The molecule has 0 spiro atoms. The molecule has 16 heavy (non-hydrogen) atoms. The number of carboxylic acid groups (broad SMARTS) is 3. The van der Waals surface area contributed by atoms with Crippen molar-refractivity contribution in [2.45, 2.75) is 12.1 Å². The number of rotatable bonds is 6. The Morgan fingerprint density at radius 3 is 1.75 bits per heavy atom. The third-order valence-corrected chi connectivity index (χ3v) is 2.79. The number of hydrogen-bond donors (Lipinski definition) is 3. The first-order valence-electron chi connectivity index (χ1n) is 3.65. The summed E-state index contributed by atoms with van der Waals surface area (Å²) in [6.45, 7) is 0. The van der Waals surface area contributed by atoms with Crippen LogP contribution in [-0.4, -0.2) is 38.9 Å². The van der Waals surface area contributed by atoms with Gasteiger partial charge in [0.15, 0.2) is 0 Å². The van der Waals surface area contributed by atoms with E-state index in [4.69, 9.17) is 15.3 Å².